The van der Waals surface area contributed by atoms with Gasteiger partial charge in [-0.2, -0.15) is 5.26 Å². The summed E-state index contributed by atoms with van der Waals surface area (Å²) in [5.41, 5.74) is 3.31. The Bertz CT molecular complexity index is 486. The molecule has 1 aliphatic carbocycles. The number of nitrogens with zero attached hydrogens (tertiary/aromatic N) is 1. The van der Waals surface area contributed by atoms with Crippen molar-refractivity contribution in [3.8, 4) is 6.07 Å². The van der Waals surface area contributed by atoms with Gasteiger partial charge in [0.15, 0.2) is 6.79 Å². The Labute approximate surface area is 116 Å². The molecule has 0 heterocycles. The molecule has 1 aromatic rings. The first-order chi connectivity index (χ1) is 7.36. The van der Waals surface area contributed by atoms with E-state index in [0.717, 1.165) is 16.7 Å². The van der Waals surface area contributed by atoms with Gasteiger partial charge in [-0.3, -0.25) is 0 Å². The minimum absolute atomic E-state index is 0. The summed E-state index contributed by atoms with van der Waals surface area (Å²) in [6, 6.07) is 9.73. The number of hydrogen-bond donors (Lipinski definition) is 1. The van der Waals surface area contributed by atoms with Crippen molar-refractivity contribution in [3.05, 3.63) is 47.7 Å². The third kappa shape index (κ3) is 2.37. The van der Waals surface area contributed by atoms with Gasteiger partial charge in [0.2, 0.25) is 0 Å². The van der Waals surface area contributed by atoms with Crippen LogP contribution in [-0.2, 0) is 4.74 Å². The third-order valence-corrected chi connectivity index (χ3v) is 2.23. The molecule has 1 aromatic carbocycles. The van der Waals surface area contributed by atoms with Crippen LogP contribution in [-0.4, -0.2) is 41.5 Å². The van der Waals surface area contributed by atoms with Crippen LogP contribution in [0.4, 0.5) is 0 Å². The minimum Gasteiger partial charge on any atom is -0.475 e. The molecule has 0 fully saturated rings. The van der Waals surface area contributed by atoms with E-state index in [0.29, 0.717) is 5.57 Å². The first-order valence-electron chi connectivity index (χ1n) is 4.51. The molecule has 75 valence electrons. The summed E-state index contributed by atoms with van der Waals surface area (Å²) in [7, 11) is 0. The largest absolute Gasteiger partial charge is 0.475 e. The van der Waals surface area contributed by atoms with Crippen LogP contribution in [0.2, 0.25) is 0 Å². The molecule has 0 unspecified atom stereocenters. The number of benzene rings is 1. The van der Waals surface area contributed by atoms with Crippen LogP contribution in [0.5, 0.6) is 0 Å². The van der Waals surface area contributed by atoms with Crippen molar-refractivity contribution in [2.75, 3.05) is 6.79 Å². The Balaban J connectivity index is 0.00000128. The van der Waals surface area contributed by atoms with Gasteiger partial charge in [-0.05, 0) is 11.6 Å². The first-order valence-corrected chi connectivity index (χ1v) is 4.51. The molecule has 3 nitrogen and oxygen atoms in total. The van der Waals surface area contributed by atoms with Crippen molar-refractivity contribution in [1.29, 1.82) is 5.26 Å². The van der Waals surface area contributed by atoms with Crippen molar-refractivity contribution >= 4 is 40.7 Å². The Hall–Kier alpha value is -1.05. The molecule has 1 N–H and O–H groups in total. The van der Waals surface area contributed by atoms with E-state index in [-0.39, 0.29) is 36.4 Å². The molecule has 0 aromatic heterocycles. The number of allylic oxidation sites excluding steroid dienone is 3. The van der Waals surface area contributed by atoms with E-state index in [4.69, 9.17) is 15.1 Å². The number of hydrogen-bond acceptors (Lipinski definition) is 3. The fourth-order valence-corrected chi connectivity index (χ4v) is 1.60. The maximum atomic E-state index is 8.92. The zero-order chi connectivity index (χ0) is 10.7. The Kier molecular flexibility index (Phi) is 4.78. The van der Waals surface area contributed by atoms with Gasteiger partial charge in [0.1, 0.15) is 0 Å². The van der Waals surface area contributed by atoms with Crippen LogP contribution >= 0.6 is 0 Å². The van der Waals surface area contributed by atoms with Crippen LogP contribution in [0.3, 0.4) is 0 Å². The van der Waals surface area contributed by atoms with Crippen molar-refractivity contribution in [2.45, 2.75) is 0 Å². The normalized spacial score (nSPS) is 14.8. The summed E-state index contributed by atoms with van der Waals surface area (Å²) >= 11 is 0. The second-order valence-electron chi connectivity index (χ2n) is 3.08. The summed E-state index contributed by atoms with van der Waals surface area (Å²) in [5.74, 6) is 0. The molecule has 0 saturated heterocycles. The second kappa shape index (κ2) is 5.88. The van der Waals surface area contributed by atoms with Crippen molar-refractivity contribution in [2.24, 2.45) is 0 Å². The van der Waals surface area contributed by atoms with Crippen LogP contribution < -0.4 is 0 Å². The van der Waals surface area contributed by atoms with Gasteiger partial charge < -0.3 is 9.84 Å². The zero-order valence-corrected chi connectivity index (χ0v) is 11.0. The fourth-order valence-electron chi connectivity index (χ4n) is 1.60. The third-order valence-electron chi connectivity index (χ3n) is 2.23. The van der Waals surface area contributed by atoms with Gasteiger partial charge >= 0.3 is 0 Å². The molecule has 1 aliphatic rings. The Morgan fingerprint density at radius 3 is 2.62 bits per heavy atom. The SMILES string of the molecule is N#CC1=CC(=COCO)c2ccccc21.[Na]. The maximum absolute atomic E-state index is 8.92. The van der Waals surface area contributed by atoms with Gasteiger partial charge in [0, 0.05) is 40.7 Å². The molecular weight excluding hydrogens is 213 g/mol. The average molecular weight is 222 g/mol. The topological polar surface area (TPSA) is 53.2 Å². The van der Waals surface area contributed by atoms with Crippen LogP contribution in [0.25, 0.3) is 11.1 Å². The number of nitriles is 1. The van der Waals surface area contributed by atoms with Crippen molar-refractivity contribution < 1.29 is 9.84 Å². The predicted octanol–water partition coefficient (Wildman–Crippen LogP) is 1.53. The number of fused-ring (bicyclic) bond motifs is 1. The Morgan fingerprint density at radius 1 is 1.31 bits per heavy atom. The quantitative estimate of drug-likeness (QED) is 0.469. The smallest absolute Gasteiger partial charge is 0.185 e. The molecule has 0 amide bonds. The van der Waals surface area contributed by atoms with Crippen LogP contribution in [0.15, 0.2) is 36.6 Å². The van der Waals surface area contributed by atoms with Crippen molar-refractivity contribution in [1.82, 2.24) is 0 Å². The molecule has 4 heteroatoms. The molecule has 16 heavy (non-hydrogen) atoms. The van der Waals surface area contributed by atoms with Gasteiger partial charge in [0.05, 0.1) is 17.9 Å². The van der Waals surface area contributed by atoms with E-state index in [1.807, 2.05) is 24.3 Å². The van der Waals surface area contributed by atoms with Crippen LogP contribution in [0, 0.1) is 11.3 Å². The zero-order valence-electron chi connectivity index (χ0n) is 8.97. The average Bonchev–Trinajstić information content (AvgIpc) is 2.65. The molecule has 0 spiro atoms. The number of rotatable bonds is 2. The molecule has 0 bridgehead atoms. The molecule has 0 saturated carbocycles. The van der Waals surface area contributed by atoms with Crippen molar-refractivity contribution in [3.63, 3.8) is 0 Å². The molecule has 2 rings (SSSR count). The molecule has 0 aliphatic heterocycles. The number of aliphatic hydroxyl groups excluding tert-OH is 1. The van der Waals surface area contributed by atoms with Gasteiger partial charge in [-0.15, -0.1) is 0 Å². The van der Waals surface area contributed by atoms with E-state index in [9.17, 15) is 0 Å². The van der Waals surface area contributed by atoms with Gasteiger partial charge in [0.25, 0.3) is 0 Å². The predicted molar refractivity (Wildman–Crippen MR) is 61.9 cm³/mol. The second-order valence-corrected chi connectivity index (χ2v) is 3.08. The maximum Gasteiger partial charge on any atom is 0.185 e. The molecule has 0 atom stereocenters. The molecular formula is C12H9NNaO2. The minimum atomic E-state index is -0.360. The van der Waals surface area contributed by atoms with Gasteiger partial charge in [-0.1, -0.05) is 24.3 Å². The summed E-state index contributed by atoms with van der Waals surface area (Å²) in [6.45, 7) is -0.360. The monoisotopic (exact) mass is 222 g/mol. The standard InChI is InChI=1S/C12H9NO2.Na/c13-6-9-5-10(7-15-8-14)12-4-2-1-3-11(9)12;/h1-5,7,14H,8H2;. The summed E-state index contributed by atoms with van der Waals surface area (Å²) in [4.78, 5) is 0. The number of aliphatic hydroxyl groups is 1. The summed E-state index contributed by atoms with van der Waals surface area (Å²) in [5, 5.41) is 17.5. The van der Waals surface area contributed by atoms with E-state index >= 15 is 0 Å². The number of ether oxygens (including phenoxy) is 1. The summed E-state index contributed by atoms with van der Waals surface area (Å²) < 4.78 is 4.81. The van der Waals surface area contributed by atoms with E-state index in [1.165, 1.54) is 6.26 Å². The first kappa shape index (κ1) is 13.0. The summed E-state index contributed by atoms with van der Waals surface area (Å²) in [6.07, 6.45) is 3.21. The van der Waals surface area contributed by atoms with E-state index < -0.39 is 0 Å². The van der Waals surface area contributed by atoms with E-state index in [1.54, 1.807) is 6.08 Å². The van der Waals surface area contributed by atoms with Crippen LogP contribution in [0.1, 0.15) is 11.1 Å². The van der Waals surface area contributed by atoms with E-state index in [2.05, 4.69) is 6.07 Å². The molecule has 1 radical (unpaired) electrons. The fraction of sp³-hybridized carbons (Fsp3) is 0.0833. The Morgan fingerprint density at radius 2 is 2.00 bits per heavy atom. The van der Waals surface area contributed by atoms with Gasteiger partial charge in [-0.25, -0.2) is 0 Å².